The maximum absolute atomic E-state index is 12.9. The Kier molecular flexibility index (Phi) is 6.09. The van der Waals surface area contributed by atoms with Gasteiger partial charge >= 0.3 is 0 Å². The number of thioether (sulfide) groups is 1. The average molecular weight is 323 g/mol. The highest BCUT2D eigenvalue weighted by molar-refractivity contribution is 8.00. The molecular formula is C15H18FN3O2S. The Morgan fingerprint density at radius 2 is 2.14 bits per heavy atom. The van der Waals surface area contributed by atoms with Gasteiger partial charge in [0.05, 0.1) is 5.25 Å². The summed E-state index contributed by atoms with van der Waals surface area (Å²) in [6.07, 6.45) is 2.50. The standard InChI is InChI=1S/C15H18FN3O2S/c1-11(14(20)12-4-6-13(16)7-5-12)22-15-18-17-10-19(15)8-3-9-21-2/h4-7,10-11H,3,8-9H2,1-2H3. The second-order valence-electron chi connectivity index (χ2n) is 4.78. The Morgan fingerprint density at radius 1 is 1.41 bits per heavy atom. The molecule has 5 nitrogen and oxygen atoms in total. The molecule has 7 heteroatoms. The molecule has 0 aliphatic carbocycles. The van der Waals surface area contributed by atoms with Gasteiger partial charge in [-0.05, 0) is 37.6 Å². The topological polar surface area (TPSA) is 57.0 Å². The lowest BCUT2D eigenvalue weighted by Gasteiger charge is -2.11. The maximum atomic E-state index is 12.9. The van der Waals surface area contributed by atoms with Gasteiger partial charge in [-0.1, -0.05) is 11.8 Å². The Bertz CT molecular complexity index is 616. The molecule has 118 valence electrons. The van der Waals surface area contributed by atoms with E-state index in [2.05, 4.69) is 10.2 Å². The van der Waals surface area contributed by atoms with Crippen LogP contribution in [0.5, 0.6) is 0 Å². The van der Waals surface area contributed by atoms with E-state index >= 15 is 0 Å². The number of methoxy groups -OCH3 is 1. The molecule has 0 saturated carbocycles. The minimum atomic E-state index is -0.352. The number of carbonyl (C=O) groups excluding carboxylic acids is 1. The molecule has 1 aromatic carbocycles. The van der Waals surface area contributed by atoms with E-state index in [4.69, 9.17) is 4.74 Å². The summed E-state index contributed by atoms with van der Waals surface area (Å²) in [5.74, 6) is -0.411. The monoisotopic (exact) mass is 323 g/mol. The molecule has 0 amide bonds. The predicted octanol–water partition coefficient (Wildman–Crippen LogP) is 2.82. The van der Waals surface area contributed by atoms with Gasteiger partial charge in [0.15, 0.2) is 10.9 Å². The van der Waals surface area contributed by atoms with E-state index < -0.39 is 0 Å². The number of ketones is 1. The van der Waals surface area contributed by atoms with Crippen LogP contribution in [0.2, 0.25) is 0 Å². The number of halogens is 1. The highest BCUT2D eigenvalue weighted by Gasteiger charge is 2.19. The molecule has 0 aliphatic rings. The number of hydrogen-bond donors (Lipinski definition) is 0. The van der Waals surface area contributed by atoms with Gasteiger partial charge < -0.3 is 9.30 Å². The van der Waals surface area contributed by atoms with Crippen molar-refractivity contribution in [1.82, 2.24) is 14.8 Å². The van der Waals surface area contributed by atoms with Crippen molar-refractivity contribution in [1.29, 1.82) is 0 Å². The molecular weight excluding hydrogens is 305 g/mol. The molecule has 1 heterocycles. The average Bonchev–Trinajstić information content (AvgIpc) is 2.95. The number of hydrogen-bond acceptors (Lipinski definition) is 5. The zero-order valence-electron chi connectivity index (χ0n) is 12.5. The van der Waals surface area contributed by atoms with E-state index in [-0.39, 0.29) is 16.9 Å². The van der Waals surface area contributed by atoms with Crippen LogP contribution in [-0.4, -0.2) is 39.5 Å². The summed E-state index contributed by atoms with van der Waals surface area (Å²) >= 11 is 1.35. The van der Waals surface area contributed by atoms with Crippen LogP contribution in [0, 0.1) is 5.82 Å². The second kappa shape index (κ2) is 8.05. The van der Waals surface area contributed by atoms with Crippen LogP contribution in [0.1, 0.15) is 23.7 Å². The lowest BCUT2D eigenvalue weighted by Crippen LogP contribution is -2.15. The number of aromatic nitrogens is 3. The summed E-state index contributed by atoms with van der Waals surface area (Å²) in [7, 11) is 1.66. The second-order valence-corrected chi connectivity index (χ2v) is 6.09. The third-order valence-electron chi connectivity index (χ3n) is 3.11. The van der Waals surface area contributed by atoms with Gasteiger partial charge in [0.25, 0.3) is 0 Å². The van der Waals surface area contributed by atoms with E-state index in [0.29, 0.717) is 17.3 Å². The maximum Gasteiger partial charge on any atom is 0.191 e. The number of ether oxygens (including phenoxy) is 1. The first kappa shape index (κ1) is 16.6. The van der Waals surface area contributed by atoms with Gasteiger partial charge in [-0.3, -0.25) is 4.79 Å². The van der Waals surface area contributed by atoms with Crippen molar-refractivity contribution < 1.29 is 13.9 Å². The lowest BCUT2D eigenvalue weighted by molar-refractivity contribution is 0.0993. The van der Waals surface area contributed by atoms with E-state index in [1.807, 2.05) is 11.5 Å². The number of Topliss-reactive ketones (excluding diaryl/α,β-unsaturated/α-hetero) is 1. The fourth-order valence-corrected chi connectivity index (χ4v) is 2.86. The van der Waals surface area contributed by atoms with Gasteiger partial charge in [0.1, 0.15) is 12.1 Å². The molecule has 22 heavy (non-hydrogen) atoms. The number of carbonyl (C=O) groups is 1. The fourth-order valence-electron chi connectivity index (χ4n) is 1.93. The molecule has 2 rings (SSSR count). The summed E-state index contributed by atoms with van der Waals surface area (Å²) in [5, 5.41) is 8.31. The minimum absolute atomic E-state index is 0.0589. The number of aryl methyl sites for hydroxylation is 1. The third-order valence-corrected chi connectivity index (χ3v) is 4.20. The summed E-state index contributed by atoms with van der Waals surface area (Å²) in [4.78, 5) is 12.3. The molecule has 0 N–H and O–H groups in total. The zero-order valence-corrected chi connectivity index (χ0v) is 13.3. The Morgan fingerprint density at radius 3 is 2.82 bits per heavy atom. The highest BCUT2D eigenvalue weighted by Crippen LogP contribution is 2.24. The summed E-state index contributed by atoms with van der Waals surface area (Å²) in [6, 6.07) is 5.58. The van der Waals surface area contributed by atoms with E-state index in [1.54, 1.807) is 13.4 Å². The first-order valence-electron chi connectivity index (χ1n) is 6.95. The first-order valence-corrected chi connectivity index (χ1v) is 7.83. The van der Waals surface area contributed by atoms with Crippen molar-refractivity contribution in [3.8, 4) is 0 Å². The van der Waals surface area contributed by atoms with Crippen LogP contribution >= 0.6 is 11.8 Å². The molecule has 1 aromatic heterocycles. The number of nitrogens with zero attached hydrogens (tertiary/aromatic N) is 3. The van der Waals surface area contributed by atoms with Gasteiger partial charge in [-0.15, -0.1) is 10.2 Å². The predicted molar refractivity (Wildman–Crippen MR) is 82.6 cm³/mol. The van der Waals surface area contributed by atoms with Crippen molar-refractivity contribution in [2.45, 2.75) is 30.3 Å². The highest BCUT2D eigenvalue weighted by atomic mass is 32.2. The molecule has 1 atom stereocenters. The molecule has 0 fully saturated rings. The van der Waals surface area contributed by atoms with Crippen LogP contribution in [0.4, 0.5) is 4.39 Å². The smallest absolute Gasteiger partial charge is 0.191 e. The molecule has 0 aliphatic heterocycles. The molecule has 2 aromatic rings. The normalized spacial score (nSPS) is 12.3. The fraction of sp³-hybridized carbons (Fsp3) is 0.400. The Hall–Kier alpha value is -1.73. The molecule has 0 saturated heterocycles. The zero-order chi connectivity index (χ0) is 15.9. The van der Waals surface area contributed by atoms with Crippen LogP contribution in [0.3, 0.4) is 0 Å². The van der Waals surface area contributed by atoms with Gasteiger partial charge in [0, 0.05) is 25.8 Å². The molecule has 0 radical (unpaired) electrons. The molecule has 1 unspecified atom stereocenters. The van der Waals surface area contributed by atoms with Gasteiger partial charge in [-0.2, -0.15) is 0 Å². The van der Waals surface area contributed by atoms with Crippen LogP contribution in [0.15, 0.2) is 35.7 Å². The Balaban J connectivity index is 1.99. The van der Waals surface area contributed by atoms with Crippen molar-refractivity contribution in [2.75, 3.05) is 13.7 Å². The van der Waals surface area contributed by atoms with E-state index in [0.717, 1.165) is 13.0 Å². The number of rotatable bonds is 8. The van der Waals surface area contributed by atoms with E-state index in [9.17, 15) is 9.18 Å². The first-order chi connectivity index (χ1) is 10.6. The Labute approximate surface area is 132 Å². The van der Waals surface area contributed by atoms with Gasteiger partial charge in [-0.25, -0.2) is 4.39 Å². The quantitative estimate of drug-likeness (QED) is 0.425. The summed E-state index contributed by atoms with van der Waals surface area (Å²) in [6.45, 7) is 3.21. The van der Waals surface area contributed by atoms with E-state index in [1.165, 1.54) is 36.0 Å². The minimum Gasteiger partial charge on any atom is -0.385 e. The molecule has 0 spiro atoms. The van der Waals surface area contributed by atoms with Crippen molar-refractivity contribution in [3.05, 3.63) is 42.0 Å². The SMILES string of the molecule is COCCCn1cnnc1SC(C)C(=O)c1ccc(F)cc1. The van der Waals surface area contributed by atoms with Crippen molar-refractivity contribution >= 4 is 17.5 Å². The van der Waals surface area contributed by atoms with Crippen LogP contribution in [-0.2, 0) is 11.3 Å². The third kappa shape index (κ3) is 4.38. The summed E-state index contributed by atoms with van der Waals surface area (Å²) < 4.78 is 19.8. The largest absolute Gasteiger partial charge is 0.385 e. The van der Waals surface area contributed by atoms with Crippen molar-refractivity contribution in [3.63, 3.8) is 0 Å². The van der Waals surface area contributed by atoms with Crippen LogP contribution in [0.25, 0.3) is 0 Å². The van der Waals surface area contributed by atoms with Crippen molar-refractivity contribution in [2.24, 2.45) is 0 Å². The molecule has 0 bridgehead atoms. The van der Waals surface area contributed by atoms with Crippen LogP contribution < -0.4 is 0 Å². The summed E-state index contributed by atoms with van der Waals surface area (Å²) in [5.41, 5.74) is 0.492. The number of benzene rings is 1. The van der Waals surface area contributed by atoms with Gasteiger partial charge in [0.2, 0.25) is 0 Å². The lowest BCUT2D eigenvalue weighted by atomic mass is 10.1.